The van der Waals surface area contributed by atoms with Gasteiger partial charge < -0.3 is 15.5 Å². The number of piperidine rings is 2. The van der Waals surface area contributed by atoms with E-state index in [0.29, 0.717) is 12.0 Å². The van der Waals surface area contributed by atoms with Crippen LogP contribution in [0.5, 0.6) is 0 Å². The highest BCUT2D eigenvalue weighted by molar-refractivity contribution is 5.82. The lowest BCUT2D eigenvalue weighted by Gasteiger charge is -2.37. The summed E-state index contributed by atoms with van der Waals surface area (Å²) in [7, 11) is 0. The van der Waals surface area contributed by atoms with Crippen LogP contribution in [0.2, 0.25) is 0 Å². The van der Waals surface area contributed by atoms with Gasteiger partial charge in [0.1, 0.15) is 0 Å². The molecule has 4 nitrogen and oxygen atoms in total. The van der Waals surface area contributed by atoms with Crippen molar-refractivity contribution >= 4 is 5.91 Å². The van der Waals surface area contributed by atoms with Crippen molar-refractivity contribution < 1.29 is 4.79 Å². The molecule has 3 unspecified atom stereocenters. The Balaban J connectivity index is 1.82. The summed E-state index contributed by atoms with van der Waals surface area (Å²) in [6, 6.07) is 0.471. The second kappa shape index (κ2) is 6.53. The van der Waals surface area contributed by atoms with E-state index in [4.69, 9.17) is 0 Å². The molecule has 0 aliphatic carbocycles. The van der Waals surface area contributed by atoms with Crippen molar-refractivity contribution in [1.82, 2.24) is 15.5 Å². The van der Waals surface area contributed by atoms with Gasteiger partial charge in [-0.3, -0.25) is 4.79 Å². The third kappa shape index (κ3) is 3.45. The first-order chi connectivity index (χ1) is 8.70. The van der Waals surface area contributed by atoms with Crippen LogP contribution in [0.1, 0.15) is 39.5 Å². The minimum atomic E-state index is 0.0331. The second-order valence-corrected chi connectivity index (χ2v) is 5.74. The molecule has 4 heteroatoms. The quantitative estimate of drug-likeness (QED) is 0.785. The average molecular weight is 253 g/mol. The zero-order valence-corrected chi connectivity index (χ0v) is 11.7. The molecule has 0 bridgehead atoms. The summed E-state index contributed by atoms with van der Waals surface area (Å²) in [5.41, 5.74) is 0. The van der Waals surface area contributed by atoms with Gasteiger partial charge in [-0.2, -0.15) is 0 Å². The number of nitrogens with zero attached hydrogens (tertiary/aromatic N) is 1. The monoisotopic (exact) mass is 253 g/mol. The van der Waals surface area contributed by atoms with Crippen LogP contribution in [0.4, 0.5) is 0 Å². The molecule has 0 spiro atoms. The topological polar surface area (TPSA) is 44.4 Å². The summed E-state index contributed by atoms with van der Waals surface area (Å²) < 4.78 is 0. The summed E-state index contributed by atoms with van der Waals surface area (Å²) in [5.74, 6) is 0.879. The lowest BCUT2D eigenvalue weighted by Crippen LogP contribution is -2.54. The van der Waals surface area contributed by atoms with Gasteiger partial charge in [0.2, 0.25) is 5.91 Å². The van der Waals surface area contributed by atoms with Crippen LogP contribution in [0.3, 0.4) is 0 Å². The van der Waals surface area contributed by atoms with Crippen LogP contribution in [0.15, 0.2) is 0 Å². The van der Waals surface area contributed by atoms with Gasteiger partial charge in [0.15, 0.2) is 0 Å². The number of carbonyl (C=O) groups excluding carboxylic acids is 1. The molecule has 2 rings (SSSR count). The molecule has 3 atom stereocenters. The average Bonchev–Trinajstić information content (AvgIpc) is 2.41. The van der Waals surface area contributed by atoms with E-state index in [0.717, 1.165) is 25.9 Å². The normalized spacial score (nSPS) is 32.0. The number of carbonyl (C=O) groups is 1. The molecular formula is C14H27N3O. The van der Waals surface area contributed by atoms with Crippen LogP contribution in [0, 0.1) is 5.92 Å². The van der Waals surface area contributed by atoms with E-state index >= 15 is 0 Å². The Morgan fingerprint density at radius 3 is 3.00 bits per heavy atom. The fourth-order valence-corrected chi connectivity index (χ4v) is 3.17. The molecule has 2 aliphatic heterocycles. The lowest BCUT2D eigenvalue weighted by molar-refractivity contribution is -0.124. The zero-order valence-electron chi connectivity index (χ0n) is 11.7. The van der Waals surface area contributed by atoms with Crippen LogP contribution >= 0.6 is 0 Å². The molecule has 2 heterocycles. The SMILES string of the molecule is CCN1CCCC(C(C)NC2CCCNC2=O)C1. The van der Waals surface area contributed by atoms with Crippen molar-refractivity contribution in [2.75, 3.05) is 26.2 Å². The van der Waals surface area contributed by atoms with Gasteiger partial charge in [0, 0.05) is 19.1 Å². The third-order valence-electron chi connectivity index (χ3n) is 4.45. The molecule has 2 fully saturated rings. The number of hydrogen-bond donors (Lipinski definition) is 2. The Morgan fingerprint density at radius 1 is 1.44 bits per heavy atom. The summed E-state index contributed by atoms with van der Waals surface area (Å²) in [5, 5.41) is 6.49. The van der Waals surface area contributed by atoms with Crippen molar-refractivity contribution in [1.29, 1.82) is 0 Å². The van der Waals surface area contributed by atoms with Gasteiger partial charge in [-0.05, 0) is 51.6 Å². The first-order valence-corrected chi connectivity index (χ1v) is 7.46. The summed E-state index contributed by atoms with van der Waals surface area (Å²) in [6.45, 7) is 8.88. The molecule has 2 saturated heterocycles. The highest BCUT2D eigenvalue weighted by Crippen LogP contribution is 2.20. The van der Waals surface area contributed by atoms with E-state index < -0.39 is 0 Å². The predicted octanol–water partition coefficient (Wildman–Crippen LogP) is 0.975. The number of nitrogens with one attached hydrogen (secondary N) is 2. The fraction of sp³-hybridized carbons (Fsp3) is 0.929. The van der Waals surface area contributed by atoms with Gasteiger partial charge in [0.05, 0.1) is 6.04 Å². The molecule has 18 heavy (non-hydrogen) atoms. The van der Waals surface area contributed by atoms with Crippen molar-refractivity contribution in [2.24, 2.45) is 5.92 Å². The van der Waals surface area contributed by atoms with Crippen molar-refractivity contribution in [3.8, 4) is 0 Å². The van der Waals surface area contributed by atoms with Crippen molar-refractivity contribution in [2.45, 2.75) is 51.6 Å². The maximum absolute atomic E-state index is 11.7. The minimum Gasteiger partial charge on any atom is -0.355 e. The van der Waals surface area contributed by atoms with Gasteiger partial charge in [0.25, 0.3) is 0 Å². The smallest absolute Gasteiger partial charge is 0.237 e. The zero-order chi connectivity index (χ0) is 13.0. The first-order valence-electron chi connectivity index (χ1n) is 7.46. The van der Waals surface area contributed by atoms with E-state index in [2.05, 4.69) is 29.4 Å². The highest BCUT2D eigenvalue weighted by atomic mass is 16.2. The lowest BCUT2D eigenvalue weighted by atomic mass is 9.90. The van der Waals surface area contributed by atoms with Gasteiger partial charge in [-0.1, -0.05) is 6.92 Å². The number of hydrogen-bond acceptors (Lipinski definition) is 3. The van der Waals surface area contributed by atoms with Crippen molar-refractivity contribution in [3.63, 3.8) is 0 Å². The van der Waals surface area contributed by atoms with E-state index in [9.17, 15) is 4.79 Å². The Labute approximate surface area is 110 Å². The van der Waals surface area contributed by atoms with Crippen LogP contribution in [-0.2, 0) is 4.79 Å². The maximum atomic E-state index is 11.7. The summed E-state index contributed by atoms with van der Waals surface area (Å²) in [6.07, 6.45) is 4.67. The Hall–Kier alpha value is -0.610. The molecule has 0 aromatic carbocycles. The molecule has 0 saturated carbocycles. The molecule has 2 aliphatic rings. The maximum Gasteiger partial charge on any atom is 0.237 e. The number of rotatable bonds is 4. The molecule has 0 radical (unpaired) electrons. The van der Waals surface area contributed by atoms with Gasteiger partial charge in [-0.15, -0.1) is 0 Å². The summed E-state index contributed by atoms with van der Waals surface area (Å²) >= 11 is 0. The molecule has 0 aromatic rings. The predicted molar refractivity (Wildman–Crippen MR) is 73.5 cm³/mol. The second-order valence-electron chi connectivity index (χ2n) is 5.74. The van der Waals surface area contributed by atoms with E-state index in [1.165, 1.54) is 25.9 Å². The fourth-order valence-electron chi connectivity index (χ4n) is 3.17. The van der Waals surface area contributed by atoms with Gasteiger partial charge >= 0.3 is 0 Å². The number of amides is 1. The van der Waals surface area contributed by atoms with Crippen LogP contribution < -0.4 is 10.6 Å². The molecule has 1 amide bonds. The van der Waals surface area contributed by atoms with E-state index in [1.807, 2.05) is 0 Å². The van der Waals surface area contributed by atoms with E-state index in [-0.39, 0.29) is 11.9 Å². The first kappa shape index (κ1) is 13.8. The van der Waals surface area contributed by atoms with Gasteiger partial charge in [-0.25, -0.2) is 0 Å². The Bertz CT molecular complexity index is 282. The largest absolute Gasteiger partial charge is 0.355 e. The number of likely N-dealkylation sites (tertiary alicyclic amines) is 1. The van der Waals surface area contributed by atoms with Crippen LogP contribution in [-0.4, -0.2) is 49.1 Å². The standard InChI is InChI=1S/C14H27N3O/c1-3-17-9-5-6-12(10-17)11(2)16-13-7-4-8-15-14(13)18/h11-13,16H,3-10H2,1-2H3,(H,15,18). The Morgan fingerprint density at radius 2 is 2.28 bits per heavy atom. The molecule has 0 aromatic heterocycles. The molecular weight excluding hydrogens is 226 g/mol. The van der Waals surface area contributed by atoms with Crippen LogP contribution in [0.25, 0.3) is 0 Å². The molecule has 2 N–H and O–H groups in total. The minimum absolute atomic E-state index is 0.0331. The summed E-state index contributed by atoms with van der Waals surface area (Å²) in [4.78, 5) is 14.3. The van der Waals surface area contributed by atoms with Crippen molar-refractivity contribution in [3.05, 3.63) is 0 Å². The third-order valence-corrected chi connectivity index (χ3v) is 4.45. The molecule has 104 valence electrons. The highest BCUT2D eigenvalue weighted by Gasteiger charge is 2.28. The Kier molecular flexibility index (Phi) is 5.01. The van der Waals surface area contributed by atoms with E-state index in [1.54, 1.807) is 0 Å².